The summed E-state index contributed by atoms with van der Waals surface area (Å²) in [6.07, 6.45) is -1.58. The molecule has 19 heavy (non-hydrogen) atoms. The van der Waals surface area contributed by atoms with Gasteiger partial charge in [0.1, 0.15) is 0 Å². The molecule has 0 aliphatic rings. The molecule has 0 aromatic carbocycles. The molecule has 0 atom stereocenters. The van der Waals surface area contributed by atoms with E-state index in [-0.39, 0.29) is 0 Å². The molecule has 0 aromatic heterocycles. The van der Waals surface area contributed by atoms with Gasteiger partial charge in [0.15, 0.2) is 0 Å². The van der Waals surface area contributed by atoms with Crippen LogP contribution in [0.3, 0.4) is 0 Å². The third kappa shape index (κ3) is 49.8. The van der Waals surface area contributed by atoms with Crippen LogP contribution in [0.25, 0.3) is 0 Å². The molecule has 0 aromatic rings. The topological polar surface area (TPSA) is 158 Å². The normalized spacial score (nSPS) is 7.89. The highest BCUT2D eigenvalue weighted by molar-refractivity contribution is 5.74. The molecule has 112 valence electrons. The highest BCUT2D eigenvalue weighted by Crippen LogP contribution is 1.82. The van der Waals surface area contributed by atoms with Gasteiger partial charge >= 0.3 is 24.2 Å². The molecule has 0 amide bonds. The van der Waals surface area contributed by atoms with Gasteiger partial charge in [0.05, 0.1) is 0 Å². The zero-order chi connectivity index (χ0) is 15.8. The lowest BCUT2D eigenvalue weighted by atomic mass is 10.4. The largest absolute Gasteiger partial charge is 0.516 e. The maximum Gasteiger partial charge on any atom is 0.516 e. The SMILES string of the molecule is CCCC(=O)O.CCCC(=O)O.O=C(O)OC(=O)O. The molecule has 0 radical (unpaired) electrons. The molecule has 4 N–H and O–H groups in total. The van der Waals surface area contributed by atoms with Gasteiger partial charge in [-0.2, -0.15) is 0 Å². The van der Waals surface area contributed by atoms with Crippen LogP contribution in [0.5, 0.6) is 0 Å². The first-order valence-corrected chi connectivity index (χ1v) is 5.24. The molecule has 0 unspecified atom stereocenters. The molecule has 0 saturated carbocycles. The molecular weight excluding hydrogens is 264 g/mol. The Bertz CT molecular complexity index is 257. The number of carboxylic acid groups (broad SMARTS) is 4. The maximum atomic E-state index is 9.60. The van der Waals surface area contributed by atoms with E-state index < -0.39 is 24.2 Å². The van der Waals surface area contributed by atoms with E-state index in [4.69, 9.17) is 20.4 Å². The maximum absolute atomic E-state index is 9.60. The molecule has 0 heterocycles. The number of hydrogen-bond acceptors (Lipinski definition) is 5. The van der Waals surface area contributed by atoms with Gasteiger partial charge in [0, 0.05) is 12.8 Å². The van der Waals surface area contributed by atoms with Crippen LogP contribution in [0.2, 0.25) is 0 Å². The van der Waals surface area contributed by atoms with E-state index in [0.717, 1.165) is 12.8 Å². The molecule has 0 rings (SSSR count). The average molecular weight is 282 g/mol. The van der Waals surface area contributed by atoms with Gasteiger partial charge in [-0.05, 0) is 12.8 Å². The summed E-state index contributed by atoms with van der Waals surface area (Å²) in [5.74, 6) is -1.42. The fraction of sp³-hybridized carbons (Fsp3) is 0.600. The summed E-state index contributed by atoms with van der Waals surface area (Å²) in [6.45, 7) is 3.68. The van der Waals surface area contributed by atoms with Crippen LogP contribution >= 0.6 is 0 Å². The van der Waals surface area contributed by atoms with Crippen molar-refractivity contribution in [3.63, 3.8) is 0 Å². The predicted molar refractivity (Wildman–Crippen MR) is 62.2 cm³/mol. The summed E-state index contributed by atoms with van der Waals surface area (Å²) in [5.41, 5.74) is 0. The van der Waals surface area contributed by atoms with Crippen LogP contribution in [-0.2, 0) is 14.3 Å². The summed E-state index contributed by atoms with van der Waals surface area (Å²) in [6, 6.07) is 0. The second-order valence-corrected chi connectivity index (χ2v) is 2.92. The summed E-state index contributed by atoms with van der Waals surface area (Å²) in [7, 11) is 0. The third-order valence-corrected chi connectivity index (χ3v) is 1.10. The summed E-state index contributed by atoms with van der Waals surface area (Å²) in [5, 5.41) is 30.8. The Morgan fingerprint density at radius 1 is 0.737 bits per heavy atom. The van der Waals surface area contributed by atoms with Crippen LogP contribution in [0.1, 0.15) is 39.5 Å². The minimum atomic E-state index is -1.81. The van der Waals surface area contributed by atoms with Crippen molar-refractivity contribution in [2.45, 2.75) is 39.5 Å². The number of hydrogen-bond donors (Lipinski definition) is 4. The highest BCUT2D eigenvalue weighted by Gasteiger charge is 2.01. The van der Waals surface area contributed by atoms with E-state index in [1.165, 1.54) is 0 Å². The van der Waals surface area contributed by atoms with Crippen molar-refractivity contribution in [1.82, 2.24) is 0 Å². The zero-order valence-corrected chi connectivity index (χ0v) is 10.7. The molecule has 0 spiro atoms. The lowest BCUT2D eigenvalue weighted by molar-refractivity contribution is -0.138. The Hall–Kier alpha value is -2.32. The van der Waals surface area contributed by atoms with Gasteiger partial charge in [-0.1, -0.05) is 13.8 Å². The number of rotatable bonds is 4. The Morgan fingerprint density at radius 3 is 1.00 bits per heavy atom. The van der Waals surface area contributed by atoms with Gasteiger partial charge in [-0.3, -0.25) is 9.59 Å². The van der Waals surface area contributed by atoms with E-state index in [0.29, 0.717) is 12.8 Å². The van der Waals surface area contributed by atoms with Gasteiger partial charge in [0.2, 0.25) is 0 Å². The van der Waals surface area contributed by atoms with Crippen LogP contribution in [0.15, 0.2) is 0 Å². The van der Waals surface area contributed by atoms with Crippen LogP contribution in [0, 0.1) is 0 Å². The van der Waals surface area contributed by atoms with Crippen molar-refractivity contribution >= 4 is 24.2 Å². The summed E-state index contributed by atoms with van der Waals surface area (Å²) in [4.78, 5) is 37.6. The lowest BCUT2D eigenvalue weighted by Crippen LogP contribution is -2.05. The van der Waals surface area contributed by atoms with Crippen molar-refractivity contribution in [3.8, 4) is 0 Å². The minimum absolute atomic E-state index is 0.292. The number of carboxylic acids is 2. The van der Waals surface area contributed by atoms with Crippen molar-refractivity contribution in [3.05, 3.63) is 0 Å². The monoisotopic (exact) mass is 282 g/mol. The van der Waals surface area contributed by atoms with E-state index in [2.05, 4.69) is 4.74 Å². The summed E-state index contributed by atoms with van der Waals surface area (Å²) >= 11 is 0. The fourth-order valence-corrected chi connectivity index (χ4v) is 0.502. The van der Waals surface area contributed by atoms with Crippen molar-refractivity contribution in [2.24, 2.45) is 0 Å². The van der Waals surface area contributed by atoms with Crippen molar-refractivity contribution in [1.29, 1.82) is 0 Å². The van der Waals surface area contributed by atoms with Crippen LogP contribution < -0.4 is 0 Å². The average Bonchev–Trinajstić information content (AvgIpc) is 2.15. The molecule has 0 fully saturated rings. The first-order chi connectivity index (χ1) is 8.67. The molecule has 9 heteroatoms. The Labute approximate surface area is 109 Å². The fourth-order valence-electron chi connectivity index (χ4n) is 0.502. The standard InChI is InChI=1S/2C4H8O2.C2H2O5/c2*1-2-3-4(5)6;3-1(4)7-2(5)6/h2*2-3H2,1H3,(H,5,6);(H,3,4)(H,5,6). The van der Waals surface area contributed by atoms with Crippen LogP contribution in [0.4, 0.5) is 9.59 Å². The van der Waals surface area contributed by atoms with E-state index in [9.17, 15) is 19.2 Å². The van der Waals surface area contributed by atoms with Crippen molar-refractivity contribution < 1.29 is 44.3 Å². The van der Waals surface area contributed by atoms with Gasteiger partial charge in [-0.25, -0.2) is 9.59 Å². The number of ether oxygens (including phenoxy) is 1. The first kappa shape index (κ1) is 21.9. The Morgan fingerprint density at radius 2 is 1.00 bits per heavy atom. The minimum Gasteiger partial charge on any atom is -0.481 e. The zero-order valence-electron chi connectivity index (χ0n) is 10.7. The molecule has 0 aliphatic carbocycles. The van der Waals surface area contributed by atoms with Crippen molar-refractivity contribution in [2.75, 3.05) is 0 Å². The van der Waals surface area contributed by atoms with E-state index in [1.807, 2.05) is 13.8 Å². The Kier molecular flexibility index (Phi) is 18.1. The van der Waals surface area contributed by atoms with Gasteiger partial charge in [-0.15, -0.1) is 0 Å². The second kappa shape index (κ2) is 15.7. The predicted octanol–water partition coefficient (Wildman–Crippen LogP) is 2.10. The molecule has 0 aliphatic heterocycles. The van der Waals surface area contributed by atoms with Crippen LogP contribution in [-0.4, -0.2) is 44.7 Å². The van der Waals surface area contributed by atoms with E-state index >= 15 is 0 Å². The lowest BCUT2D eigenvalue weighted by Gasteiger charge is -1.84. The molecule has 9 nitrogen and oxygen atoms in total. The second-order valence-electron chi connectivity index (χ2n) is 2.92. The molecular formula is C10H18O9. The smallest absolute Gasteiger partial charge is 0.481 e. The molecule has 0 bridgehead atoms. The first-order valence-electron chi connectivity index (χ1n) is 5.24. The number of carbonyl (C=O) groups is 4. The quantitative estimate of drug-likeness (QED) is 0.447. The Balaban J connectivity index is -0.000000203. The highest BCUT2D eigenvalue weighted by atomic mass is 16.7. The van der Waals surface area contributed by atoms with E-state index in [1.54, 1.807) is 0 Å². The third-order valence-electron chi connectivity index (χ3n) is 1.10. The molecule has 0 saturated heterocycles. The summed E-state index contributed by atoms with van der Waals surface area (Å²) < 4.78 is 3.08. The van der Waals surface area contributed by atoms with Gasteiger partial charge < -0.3 is 25.2 Å². The van der Waals surface area contributed by atoms with Gasteiger partial charge in [0.25, 0.3) is 0 Å². The number of aliphatic carboxylic acids is 2.